The highest BCUT2D eigenvalue weighted by Crippen LogP contribution is 2.30. The van der Waals surface area contributed by atoms with Gasteiger partial charge in [-0.1, -0.05) is 48.0 Å². The molecular weight excluding hydrogens is 746 g/mol. The van der Waals surface area contributed by atoms with Crippen molar-refractivity contribution in [1.29, 1.82) is 5.26 Å². The molecule has 0 aliphatic heterocycles. The van der Waals surface area contributed by atoms with Crippen LogP contribution in [0, 0.1) is 18.5 Å². The third kappa shape index (κ3) is 5.81. The lowest BCUT2D eigenvalue weighted by Gasteiger charge is -2.14. The molecule has 182 valence electrons. The van der Waals surface area contributed by atoms with E-state index in [1.807, 2.05) is 49.4 Å². The molecule has 0 aliphatic rings. The minimum Gasteiger partial charge on any atom is -0.487 e. The Kier molecular flexibility index (Phi) is 8.79. The molecule has 0 unspecified atom stereocenters. The molecule has 0 radical (unpaired) electrons. The Bertz CT molecular complexity index is 1550. The fraction of sp³-hybridized carbons (Fsp3) is 0.185. The van der Waals surface area contributed by atoms with Gasteiger partial charge in [0, 0.05) is 16.0 Å². The Morgan fingerprint density at radius 2 is 1.92 bits per heavy atom. The lowest BCUT2D eigenvalue weighted by Crippen LogP contribution is -2.23. The van der Waals surface area contributed by atoms with Crippen LogP contribution in [0.4, 0.5) is 0 Å². The number of rotatable bonds is 7. The number of nitriles is 1. The van der Waals surface area contributed by atoms with Crippen LogP contribution in [0.3, 0.4) is 0 Å². The van der Waals surface area contributed by atoms with Gasteiger partial charge in [0.25, 0.3) is 5.56 Å². The van der Waals surface area contributed by atoms with Gasteiger partial charge in [-0.15, -0.1) is 0 Å². The highest BCUT2D eigenvalue weighted by molar-refractivity contribution is 14.1. The first-order valence-corrected chi connectivity index (χ1v) is 14.1. The average Bonchev–Trinajstić information content (AvgIpc) is 2.87. The van der Waals surface area contributed by atoms with Crippen LogP contribution in [-0.2, 0) is 6.61 Å². The van der Waals surface area contributed by atoms with Crippen molar-refractivity contribution in [2.75, 3.05) is 0 Å². The van der Waals surface area contributed by atoms with E-state index in [9.17, 15) is 10.1 Å². The van der Waals surface area contributed by atoms with Gasteiger partial charge in [0.05, 0.1) is 35.9 Å². The van der Waals surface area contributed by atoms with Gasteiger partial charge in [-0.2, -0.15) is 15.0 Å². The van der Waals surface area contributed by atoms with Crippen molar-refractivity contribution in [1.82, 2.24) is 9.66 Å². The topological polar surface area (TPSA) is 80.3 Å². The van der Waals surface area contributed by atoms with E-state index in [1.54, 1.807) is 18.3 Å². The Labute approximate surface area is 244 Å². The Balaban J connectivity index is 1.67. The minimum atomic E-state index is -0.201. The van der Waals surface area contributed by atoms with Crippen LogP contribution in [-0.4, -0.2) is 15.9 Å². The van der Waals surface area contributed by atoms with Crippen molar-refractivity contribution in [2.24, 2.45) is 5.10 Å². The molecule has 4 rings (SSSR count). The maximum Gasteiger partial charge on any atom is 0.282 e. The van der Waals surface area contributed by atoms with Crippen LogP contribution in [0.15, 0.2) is 69.0 Å². The van der Waals surface area contributed by atoms with Crippen LogP contribution in [0.5, 0.6) is 5.75 Å². The van der Waals surface area contributed by atoms with Gasteiger partial charge in [0.1, 0.15) is 18.2 Å². The number of aromatic nitrogens is 2. The molecule has 1 aromatic heterocycles. The predicted octanol–water partition coefficient (Wildman–Crippen LogP) is 7.21. The molecule has 6 nitrogen and oxygen atoms in total. The van der Waals surface area contributed by atoms with Crippen LogP contribution in [0.2, 0.25) is 0 Å². The Morgan fingerprint density at radius 1 is 1.19 bits per heavy atom. The summed E-state index contributed by atoms with van der Waals surface area (Å²) in [5.41, 5.74) is 2.74. The Hall–Kier alpha value is -2.30. The van der Waals surface area contributed by atoms with Crippen molar-refractivity contribution in [2.45, 2.75) is 32.8 Å². The number of ether oxygens (including phenoxy) is 1. The van der Waals surface area contributed by atoms with E-state index in [4.69, 9.17) is 9.72 Å². The van der Waals surface area contributed by atoms with Crippen molar-refractivity contribution >= 4 is 78.2 Å². The largest absolute Gasteiger partial charge is 0.487 e. The number of halogens is 3. The molecule has 1 atom stereocenters. The monoisotopic (exact) mass is 766 g/mol. The molecule has 0 saturated carbocycles. The summed E-state index contributed by atoms with van der Waals surface area (Å²) in [6, 6.07) is 19.0. The van der Waals surface area contributed by atoms with Crippen molar-refractivity contribution in [3.63, 3.8) is 0 Å². The molecule has 0 N–H and O–H groups in total. The summed E-state index contributed by atoms with van der Waals surface area (Å²) < 4.78 is 10.1. The molecule has 1 heterocycles. The zero-order valence-corrected chi connectivity index (χ0v) is 25.4. The third-order valence-corrected chi connectivity index (χ3v) is 7.84. The van der Waals surface area contributed by atoms with E-state index in [0.717, 1.165) is 34.9 Å². The fourth-order valence-electron chi connectivity index (χ4n) is 3.60. The van der Waals surface area contributed by atoms with E-state index in [-0.39, 0.29) is 11.5 Å². The molecule has 9 heteroatoms. The highest BCUT2D eigenvalue weighted by Gasteiger charge is 2.16. The molecule has 0 spiro atoms. The number of hydrogen-bond donors (Lipinski definition) is 0. The van der Waals surface area contributed by atoms with Gasteiger partial charge < -0.3 is 4.74 Å². The smallest absolute Gasteiger partial charge is 0.282 e. The summed E-state index contributed by atoms with van der Waals surface area (Å²) in [6.45, 7) is 4.41. The van der Waals surface area contributed by atoms with Gasteiger partial charge in [-0.25, -0.2) is 4.98 Å². The summed E-state index contributed by atoms with van der Waals surface area (Å²) in [5.74, 6) is 1.44. The maximum absolute atomic E-state index is 13.3. The summed E-state index contributed by atoms with van der Waals surface area (Å²) in [5, 5.41) is 14.4. The summed E-state index contributed by atoms with van der Waals surface area (Å²) in [6.07, 6.45) is 2.51. The van der Waals surface area contributed by atoms with Crippen LogP contribution < -0.4 is 10.3 Å². The molecule has 0 saturated heterocycles. The van der Waals surface area contributed by atoms with Gasteiger partial charge in [-0.3, -0.25) is 4.79 Å². The first-order valence-electron chi connectivity index (χ1n) is 11.2. The normalized spacial score (nSPS) is 12.1. The van der Waals surface area contributed by atoms with Gasteiger partial charge in [0.15, 0.2) is 0 Å². The van der Waals surface area contributed by atoms with Crippen molar-refractivity contribution in [3.8, 4) is 11.8 Å². The first-order chi connectivity index (χ1) is 17.3. The van der Waals surface area contributed by atoms with Gasteiger partial charge in [-0.05, 0) is 93.6 Å². The molecular formula is C27H21BrI2N4O2. The molecule has 0 aliphatic carbocycles. The molecule has 36 heavy (non-hydrogen) atoms. The van der Waals surface area contributed by atoms with Crippen LogP contribution >= 0.6 is 61.1 Å². The predicted molar refractivity (Wildman–Crippen MR) is 163 cm³/mol. The molecule has 4 aromatic rings. The summed E-state index contributed by atoms with van der Waals surface area (Å²) in [7, 11) is 0. The SMILES string of the molecule is CC[C@H](C)c1nc2ccc(Br)cc2c(=O)n1N=Cc1cc(I)c(OCc2ccccc2C#N)c(I)c1. The van der Waals surface area contributed by atoms with Crippen LogP contribution in [0.1, 0.15) is 48.7 Å². The second kappa shape index (κ2) is 11.8. The van der Waals surface area contributed by atoms with Gasteiger partial charge in [0.2, 0.25) is 0 Å². The van der Waals surface area contributed by atoms with E-state index in [2.05, 4.69) is 79.2 Å². The summed E-state index contributed by atoms with van der Waals surface area (Å²) >= 11 is 7.90. The number of nitrogens with zero attached hydrogens (tertiary/aromatic N) is 4. The summed E-state index contributed by atoms with van der Waals surface area (Å²) in [4.78, 5) is 18.1. The van der Waals surface area contributed by atoms with Crippen molar-refractivity contribution in [3.05, 3.63) is 99.1 Å². The maximum atomic E-state index is 13.3. The number of benzene rings is 3. The second-order valence-corrected chi connectivity index (χ2v) is 11.4. The lowest BCUT2D eigenvalue weighted by molar-refractivity contribution is 0.301. The first kappa shape index (κ1) is 26.8. The molecule has 0 amide bonds. The van der Waals surface area contributed by atoms with E-state index in [1.165, 1.54) is 4.68 Å². The Morgan fingerprint density at radius 3 is 2.61 bits per heavy atom. The fourth-order valence-corrected chi connectivity index (χ4v) is 6.09. The van der Waals surface area contributed by atoms with Crippen LogP contribution in [0.25, 0.3) is 10.9 Å². The van der Waals surface area contributed by atoms with E-state index in [0.29, 0.717) is 28.9 Å². The van der Waals surface area contributed by atoms with E-state index >= 15 is 0 Å². The molecule has 0 bridgehead atoms. The zero-order valence-electron chi connectivity index (χ0n) is 19.5. The quantitative estimate of drug-likeness (QED) is 0.147. The van der Waals surface area contributed by atoms with Crippen molar-refractivity contribution < 1.29 is 4.74 Å². The number of hydrogen-bond acceptors (Lipinski definition) is 5. The van der Waals surface area contributed by atoms with Gasteiger partial charge >= 0.3 is 0 Å². The second-order valence-electron chi connectivity index (χ2n) is 8.17. The lowest BCUT2D eigenvalue weighted by atomic mass is 10.1. The standard InChI is InChI=1S/C27H21BrI2N4O2/c1-3-16(2)26-33-24-9-8-20(28)12-21(24)27(35)34(26)32-14-17-10-22(29)25(23(30)11-17)36-15-19-7-5-4-6-18(19)13-31/h4-12,14,16H,3,15H2,1-2H3/t16-/m0/s1. The highest BCUT2D eigenvalue weighted by atomic mass is 127. The van der Waals surface area contributed by atoms with E-state index < -0.39 is 0 Å². The molecule has 3 aromatic carbocycles. The molecule has 0 fully saturated rings. The average molecular weight is 767 g/mol. The zero-order chi connectivity index (χ0) is 25.8. The number of fused-ring (bicyclic) bond motifs is 1. The minimum absolute atomic E-state index is 0.0650. The third-order valence-electron chi connectivity index (χ3n) is 5.74.